The van der Waals surface area contributed by atoms with Crippen LogP contribution in [0.15, 0.2) is 82.5 Å². The molecule has 0 radical (unpaired) electrons. The third-order valence-corrected chi connectivity index (χ3v) is 8.40. The largest absolute Gasteiger partial charge is 0.500 e. The zero-order chi connectivity index (χ0) is 29.1. The number of rotatable bonds is 9. The van der Waals surface area contributed by atoms with Crippen LogP contribution >= 0.6 is 11.3 Å². The fraction of sp³-hybridized carbons (Fsp3) is 0.290. The third-order valence-electron chi connectivity index (χ3n) is 7.37. The number of hydrogen-bond acceptors (Lipinski definition) is 9. The van der Waals surface area contributed by atoms with Crippen LogP contribution in [0.5, 0.6) is 11.5 Å². The zero-order valence-electron chi connectivity index (χ0n) is 22.7. The number of nitrogens with one attached hydrogen (secondary N) is 1. The van der Waals surface area contributed by atoms with Gasteiger partial charge >= 0.3 is 11.7 Å². The number of hydrogen-bond donors (Lipinski definition) is 2. The Bertz CT molecular complexity index is 1540. The fourth-order valence-corrected chi connectivity index (χ4v) is 6.37. The molecule has 3 aromatic rings. The van der Waals surface area contributed by atoms with E-state index in [1.807, 2.05) is 47.8 Å². The third kappa shape index (κ3) is 5.74. The van der Waals surface area contributed by atoms with Gasteiger partial charge in [0.25, 0.3) is 0 Å². The molecule has 0 saturated carbocycles. The first-order valence-electron chi connectivity index (χ1n) is 13.4. The molecular weight excluding hydrogens is 544 g/mol. The molecule has 2 atom stereocenters. The van der Waals surface area contributed by atoms with Gasteiger partial charge in [-0.3, -0.25) is 14.9 Å². The SMILES string of the molecule is CCOc1cc([C@H]2C(C(=O)OCCc3ccccc3)=C(C)NC3=C2C(=O)C[C@H](c2cccs2)C3)cc([N+](=O)[O-])c1O. The van der Waals surface area contributed by atoms with E-state index in [1.165, 1.54) is 12.1 Å². The van der Waals surface area contributed by atoms with E-state index in [0.717, 1.165) is 10.4 Å². The Kier molecular flexibility index (Phi) is 8.21. The van der Waals surface area contributed by atoms with E-state index in [1.54, 1.807) is 25.2 Å². The van der Waals surface area contributed by atoms with Crippen LogP contribution in [-0.2, 0) is 20.7 Å². The van der Waals surface area contributed by atoms with Gasteiger partial charge in [0, 0.05) is 52.6 Å². The summed E-state index contributed by atoms with van der Waals surface area (Å²) < 4.78 is 11.2. The van der Waals surface area contributed by atoms with E-state index in [0.29, 0.717) is 35.4 Å². The van der Waals surface area contributed by atoms with Gasteiger partial charge in [0.15, 0.2) is 11.5 Å². The maximum Gasteiger partial charge on any atom is 0.336 e. The first kappa shape index (κ1) is 28.1. The number of phenols is 1. The van der Waals surface area contributed by atoms with Crippen LogP contribution in [0.2, 0.25) is 0 Å². The first-order chi connectivity index (χ1) is 19.8. The molecule has 2 heterocycles. The molecule has 0 unspecified atom stereocenters. The molecule has 41 heavy (non-hydrogen) atoms. The number of phenolic OH excluding ortho intramolecular Hbond substituents is 1. The Labute approximate surface area is 241 Å². The van der Waals surface area contributed by atoms with Crippen LogP contribution in [-0.4, -0.2) is 35.0 Å². The fourth-order valence-electron chi connectivity index (χ4n) is 5.54. The van der Waals surface area contributed by atoms with Gasteiger partial charge in [-0.2, -0.15) is 0 Å². The highest BCUT2D eigenvalue weighted by Crippen LogP contribution is 2.49. The number of carbonyl (C=O) groups is 2. The number of allylic oxidation sites excluding steroid dienone is 3. The number of carbonyl (C=O) groups excluding carboxylic acids is 2. The number of benzene rings is 2. The average Bonchev–Trinajstić information content (AvgIpc) is 3.49. The van der Waals surface area contributed by atoms with Gasteiger partial charge in [-0.05, 0) is 48.9 Å². The molecule has 0 fully saturated rings. The number of nitro benzene ring substituents is 1. The molecule has 2 aliphatic rings. The van der Waals surface area contributed by atoms with Crippen LogP contribution in [0.25, 0.3) is 0 Å². The molecule has 212 valence electrons. The molecular formula is C31H30N2O7S. The second-order valence-corrected chi connectivity index (χ2v) is 11.0. The Hall–Kier alpha value is -4.44. The topological polar surface area (TPSA) is 128 Å². The lowest BCUT2D eigenvalue weighted by Gasteiger charge is -2.36. The number of thiophene rings is 1. The van der Waals surface area contributed by atoms with Crippen molar-refractivity contribution in [2.24, 2.45) is 0 Å². The Morgan fingerprint density at radius 2 is 1.95 bits per heavy atom. The Morgan fingerprint density at radius 1 is 1.17 bits per heavy atom. The van der Waals surface area contributed by atoms with Gasteiger partial charge in [-0.25, -0.2) is 4.79 Å². The molecule has 0 bridgehead atoms. The van der Waals surface area contributed by atoms with Crippen molar-refractivity contribution in [3.63, 3.8) is 0 Å². The van der Waals surface area contributed by atoms with Gasteiger partial charge < -0.3 is 19.9 Å². The van der Waals surface area contributed by atoms with Crippen molar-refractivity contribution < 1.29 is 29.1 Å². The highest BCUT2D eigenvalue weighted by atomic mass is 32.1. The first-order valence-corrected chi connectivity index (χ1v) is 14.3. The number of esters is 1. The quantitative estimate of drug-likeness (QED) is 0.183. The molecule has 0 spiro atoms. The summed E-state index contributed by atoms with van der Waals surface area (Å²) in [5, 5.41) is 27.7. The van der Waals surface area contributed by atoms with Crippen LogP contribution in [0.1, 0.15) is 54.5 Å². The maximum atomic E-state index is 13.8. The maximum absolute atomic E-state index is 13.8. The minimum Gasteiger partial charge on any atom is -0.500 e. The summed E-state index contributed by atoms with van der Waals surface area (Å²) in [6.07, 6.45) is 1.29. The molecule has 10 heteroatoms. The van der Waals surface area contributed by atoms with Crippen molar-refractivity contribution in [1.82, 2.24) is 5.32 Å². The van der Waals surface area contributed by atoms with Crippen LogP contribution in [0.4, 0.5) is 5.69 Å². The van der Waals surface area contributed by atoms with Gasteiger partial charge in [0.2, 0.25) is 5.75 Å². The molecule has 2 N–H and O–H groups in total. The molecule has 1 aliphatic carbocycles. The lowest BCUT2D eigenvalue weighted by molar-refractivity contribution is -0.386. The monoisotopic (exact) mass is 574 g/mol. The molecule has 2 aromatic carbocycles. The van der Waals surface area contributed by atoms with E-state index in [2.05, 4.69) is 5.32 Å². The number of ketones is 1. The van der Waals surface area contributed by atoms with Crippen molar-refractivity contribution in [2.75, 3.05) is 13.2 Å². The van der Waals surface area contributed by atoms with Crippen LogP contribution < -0.4 is 10.1 Å². The predicted octanol–water partition coefficient (Wildman–Crippen LogP) is 5.91. The number of ether oxygens (including phenoxy) is 2. The van der Waals surface area contributed by atoms with Crippen molar-refractivity contribution in [1.29, 1.82) is 0 Å². The van der Waals surface area contributed by atoms with Gasteiger partial charge in [-0.15, -0.1) is 11.3 Å². The molecule has 5 rings (SSSR count). The minimum absolute atomic E-state index is 0.0188. The van der Waals surface area contributed by atoms with Crippen LogP contribution in [0.3, 0.4) is 0 Å². The van der Waals surface area contributed by atoms with E-state index in [9.17, 15) is 24.8 Å². The molecule has 1 aliphatic heterocycles. The molecule has 0 amide bonds. The minimum atomic E-state index is -0.939. The summed E-state index contributed by atoms with van der Waals surface area (Å²) >= 11 is 1.59. The van der Waals surface area contributed by atoms with E-state index in [4.69, 9.17) is 9.47 Å². The Morgan fingerprint density at radius 3 is 2.63 bits per heavy atom. The van der Waals surface area contributed by atoms with Gasteiger partial charge in [0.1, 0.15) is 0 Å². The lowest BCUT2D eigenvalue weighted by Crippen LogP contribution is -2.36. The smallest absolute Gasteiger partial charge is 0.336 e. The van der Waals surface area contributed by atoms with Crippen molar-refractivity contribution in [3.05, 3.63) is 109 Å². The number of Topliss-reactive ketones (excluding diaryl/α,β-unsaturated/α-hetero) is 1. The highest BCUT2D eigenvalue weighted by molar-refractivity contribution is 7.10. The Balaban J connectivity index is 1.57. The summed E-state index contributed by atoms with van der Waals surface area (Å²) in [7, 11) is 0. The van der Waals surface area contributed by atoms with E-state index >= 15 is 0 Å². The molecule has 9 nitrogen and oxygen atoms in total. The van der Waals surface area contributed by atoms with Crippen molar-refractivity contribution in [2.45, 2.75) is 44.9 Å². The van der Waals surface area contributed by atoms with Gasteiger partial charge in [0.05, 0.1) is 23.7 Å². The number of dihydropyridines is 1. The second-order valence-electron chi connectivity index (χ2n) is 9.98. The number of nitrogens with zero attached hydrogens (tertiary/aromatic N) is 1. The lowest BCUT2D eigenvalue weighted by atomic mass is 9.72. The van der Waals surface area contributed by atoms with E-state index < -0.39 is 28.2 Å². The zero-order valence-corrected chi connectivity index (χ0v) is 23.5. The summed E-state index contributed by atoms with van der Waals surface area (Å²) in [4.78, 5) is 39.7. The average molecular weight is 575 g/mol. The highest BCUT2D eigenvalue weighted by Gasteiger charge is 2.42. The summed E-state index contributed by atoms with van der Waals surface area (Å²) in [5.74, 6) is -2.43. The standard InChI is InChI=1S/C31H30N2O7S/c1-3-39-25-17-21(15-23(30(25)35)33(37)38)28-27(31(36)40-12-11-19-8-5-4-6-9-19)18(2)32-22-14-20(16-24(34)29(22)28)26-10-7-13-41-26/h4-10,13,15,17,20,28,32,35H,3,11-12,14,16H2,1-2H3/t20-,28+/m1/s1. The number of aromatic hydroxyl groups is 1. The molecule has 0 saturated heterocycles. The van der Waals surface area contributed by atoms with Crippen molar-refractivity contribution >= 4 is 28.8 Å². The van der Waals surface area contributed by atoms with E-state index in [-0.39, 0.29) is 42.7 Å². The summed E-state index contributed by atoms with van der Waals surface area (Å²) in [6, 6.07) is 16.2. The van der Waals surface area contributed by atoms with Crippen molar-refractivity contribution in [3.8, 4) is 11.5 Å². The summed E-state index contributed by atoms with van der Waals surface area (Å²) in [5.41, 5.74) is 2.49. The summed E-state index contributed by atoms with van der Waals surface area (Å²) in [6.45, 7) is 3.70. The predicted molar refractivity (Wildman–Crippen MR) is 154 cm³/mol. The normalized spacial score (nSPS) is 18.5. The van der Waals surface area contributed by atoms with Crippen LogP contribution in [0, 0.1) is 10.1 Å². The second kappa shape index (κ2) is 12.0. The molecule has 1 aromatic heterocycles. The van der Waals surface area contributed by atoms with Gasteiger partial charge in [-0.1, -0.05) is 36.4 Å². The number of nitro groups is 1.